The molecule has 0 bridgehead atoms. The van der Waals surface area contributed by atoms with Gasteiger partial charge in [0, 0.05) is 11.3 Å². The van der Waals surface area contributed by atoms with Crippen molar-refractivity contribution in [3.8, 4) is 11.3 Å². The Hall–Kier alpha value is -3.53. The Bertz CT molecular complexity index is 1310. The van der Waals surface area contributed by atoms with Crippen molar-refractivity contribution in [3.05, 3.63) is 75.5 Å². The van der Waals surface area contributed by atoms with Gasteiger partial charge in [0.15, 0.2) is 5.52 Å². The summed E-state index contributed by atoms with van der Waals surface area (Å²) in [5.41, 5.74) is 0.372. The van der Waals surface area contributed by atoms with Gasteiger partial charge in [-0.25, -0.2) is 9.67 Å². The topological polar surface area (TPSA) is 76.9 Å². The molecule has 0 saturated carbocycles. The molecule has 4 rings (SSSR count). The molecule has 2 aromatic carbocycles. The van der Waals surface area contributed by atoms with Crippen molar-refractivity contribution < 1.29 is 18.0 Å². The lowest BCUT2D eigenvalue weighted by molar-refractivity contribution is -0.137. The van der Waals surface area contributed by atoms with Gasteiger partial charge >= 0.3 is 6.18 Å². The van der Waals surface area contributed by atoms with Gasteiger partial charge in [0.1, 0.15) is 12.2 Å². The number of aromatic nitrogens is 3. The molecule has 0 aliphatic carbocycles. The number of nitrogens with one attached hydrogen (secondary N) is 1. The van der Waals surface area contributed by atoms with Crippen molar-refractivity contribution in [1.29, 1.82) is 0 Å². The van der Waals surface area contributed by atoms with Crippen LogP contribution in [0.5, 0.6) is 0 Å². The third-order valence-corrected chi connectivity index (χ3v) is 5.42. The Kier molecular flexibility index (Phi) is 5.32. The monoisotopic (exact) mass is 444 g/mol. The number of amides is 1. The highest BCUT2D eigenvalue weighted by Crippen LogP contribution is 2.30. The lowest BCUT2D eigenvalue weighted by Crippen LogP contribution is -2.30. The molecule has 2 heterocycles. The summed E-state index contributed by atoms with van der Waals surface area (Å²) < 4.78 is 39.7. The molecule has 0 spiro atoms. The average molecular weight is 444 g/mol. The van der Waals surface area contributed by atoms with Gasteiger partial charge in [0.25, 0.3) is 5.56 Å². The fraction of sp³-hybridized carbons (Fsp3) is 0.143. The lowest BCUT2D eigenvalue weighted by Gasteiger charge is -2.10. The van der Waals surface area contributed by atoms with Gasteiger partial charge in [-0.1, -0.05) is 30.3 Å². The number of carbonyl (C=O) groups is 1. The standard InChI is InChI=1S/C21H15F3N4O2S/c1-12-25-18-19(31-12)17(13-5-3-2-4-6-13)27-28(20(18)30)11-16(29)26-15-9-7-14(8-10-15)21(22,23)24/h2-10H,11H2,1H3,(H,26,29). The molecule has 2 aromatic heterocycles. The molecule has 0 radical (unpaired) electrons. The molecular weight excluding hydrogens is 429 g/mol. The van der Waals surface area contributed by atoms with E-state index < -0.39 is 29.8 Å². The SMILES string of the molecule is Cc1nc2c(=O)n(CC(=O)Nc3ccc(C(F)(F)F)cc3)nc(-c3ccccc3)c2s1. The second kappa shape index (κ2) is 7.95. The van der Waals surface area contributed by atoms with Crippen LogP contribution in [0.2, 0.25) is 0 Å². The van der Waals surface area contributed by atoms with E-state index in [9.17, 15) is 22.8 Å². The Morgan fingerprint density at radius 1 is 1.10 bits per heavy atom. The number of benzene rings is 2. The van der Waals surface area contributed by atoms with Crippen LogP contribution in [0.15, 0.2) is 59.4 Å². The minimum atomic E-state index is -4.46. The number of rotatable bonds is 4. The maximum absolute atomic E-state index is 12.8. The van der Waals surface area contributed by atoms with E-state index in [0.717, 1.165) is 34.5 Å². The van der Waals surface area contributed by atoms with E-state index in [1.54, 1.807) is 6.92 Å². The van der Waals surface area contributed by atoms with Crippen LogP contribution in [0, 0.1) is 6.92 Å². The predicted octanol–water partition coefficient (Wildman–Crippen LogP) is 4.49. The number of carbonyl (C=O) groups excluding carboxylic acids is 1. The Morgan fingerprint density at radius 3 is 2.42 bits per heavy atom. The first-order chi connectivity index (χ1) is 14.7. The second-order valence-electron chi connectivity index (χ2n) is 6.71. The van der Waals surface area contributed by atoms with E-state index in [2.05, 4.69) is 15.4 Å². The van der Waals surface area contributed by atoms with Crippen molar-refractivity contribution in [2.24, 2.45) is 0 Å². The van der Waals surface area contributed by atoms with E-state index in [0.29, 0.717) is 15.4 Å². The van der Waals surface area contributed by atoms with Gasteiger partial charge in [0.05, 0.1) is 15.3 Å². The highest BCUT2D eigenvalue weighted by atomic mass is 32.1. The summed E-state index contributed by atoms with van der Waals surface area (Å²) >= 11 is 1.34. The minimum Gasteiger partial charge on any atom is -0.324 e. The quantitative estimate of drug-likeness (QED) is 0.503. The van der Waals surface area contributed by atoms with Crippen molar-refractivity contribution in [2.45, 2.75) is 19.6 Å². The zero-order chi connectivity index (χ0) is 22.2. The van der Waals surface area contributed by atoms with Crippen molar-refractivity contribution >= 4 is 33.1 Å². The summed E-state index contributed by atoms with van der Waals surface area (Å²) in [6.07, 6.45) is -4.46. The van der Waals surface area contributed by atoms with Crippen LogP contribution in [0.3, 0.4) is 0 Å². The van der Waals surface area contributed by atoms with Gasteiger partial charge in [-0.05, 0) is 31.2 Å². The van der Waals surface area contributed by atoms with Crippen LogP contribution in [0.4, 0.5) is 18.9 Å². The molecule has 0 unspecified atom stereocenters. The molecule has 158 valence electrons. The molecule has 0 fully saturated rings. The van der Waals surface area contributed by atoms with Crippen LogP contribution in [-0.2, 0) is 17.5 Å². The van der Waals surface area contributed by atoms with Crippen LogP contribution >= 0.6 is 11.3 Å². The van der Waals surface area contributed by atoms with Crippen LogP contribution in [0.1, 0.15) is 10.6 Å². The van der Waals surface area contributed by atoms with E-state index in [4.69, 9.17) is 0 Å². The zero-order valence-electron chi connectivity index (χ0n) is 16.1. The average Bonchev–Trinajstić information content (AvgIpc) is 3.12. The summed E-state index contributed by atoms with van der Waals surface area (Å²) in [6.45, 7) is 1.37. The normalized spacial score (nSPS) is 11.6. The molecular formula is C21H15F3N4O2S. The molecule has 0 atom stereocenters. The molecule has 0 saturated heterocycles. The predicted molar refractivity (Wildman–Crippen MR) is 112 cm³/mol. The maximum atomic E-state index is 12.8. The number of hydrogen-bond donors (Lipinski definition) is 1. The summed E-state index contributed by atoms with van der Waals surface area (Å²) in [7, 11) is 0. The Balaban J connectivity index is 1.64. The smallest absolute Gasteiger partial charge is 0.324 e. The Morgan fingerprint density at radius 2 is 1.77 bits per heavy atom. The molecule has 0 aliphatic rings. The van der Waals surface area contributed by atoms with E-state index in [-0.39, 0.29) is 11.2 Å². The largest absolute Gasteiger partial charge is 0.416 e. The summed E-state index contributed by atoms with van der Waals surface area (Å²) in [6, 6.07) is 13.3. The lowest BCUT2D eigenvalue weighted by atomic mass is 10.1. The number of alkyl halides is 3. The fourth-order valence-corrected chi connectivity index (χ4v) is 3.95. The maximum Gasteiger partial charge on any atom is 0.416 e. The number of halogens is 3. The van der Waals surface area contributed by atoms with Crippen molar-refractivity contribution in [1.82, 2.24) is 14.8 Å². The number of hydrogen-bond acceptors (Lipinski definition) is 5. The molecule has 31 heavy (non-hydrogen) atoms. The summed E-state index contributed by atoms with van der Waals surface area (Å²) in [5.74, 6) is -0.598. The number of fused-ring (bicyclic) bond motifs is 1. The second-order valence-corrected chi connectivity index (χ2v) is 7.91. The van der Waals surface area contributed by atoms with Crippen molar-refractivity contribution in [2.75, 3.05) is 5.32 Å². The van der Waals surface area contributed by atoms with Gasteiger partial charge in [0.2, 0.25) is 5.91 Å². The van der Waals surface area contributed by atoms with Gasteiger partial charge < -0.3 is 5.32 Å². The first-order valence-electron chi connectivity index (χ1n) is 9.13. The number of thiazole rings is 1. The van der Waals surface area contributed by atoms with Gasteiger partial charge in [-0.15, -0.1) is 11.3 Å². The molecule has 1 amide bonds. The van der Waals surface area contributed by atoms with Gasteiger partial charge in [-0.3, -0.25) is 9.59 Å². The van der Waals surface area contributed by atoms with Crippen LogP contribution < -0.4 is 10.9 Å². The molecule has 1 N–H and O–H groups in total. The summed E-state index contributed by atoms with van der Waals surface area (Å²) in [5, 5.41) is 7.55. The molecule has 6 nitrogen and oxygen atoms in total. The van der Waals surface area contributed by atoms with E-state index in [1.807, 2.05) is 30.3 Å². The number of nitrogens with zero attached hydrogens (tertiary/aromatic N) is 3. The van der Waals surface area contributed by atoms with E-state index in [1.165, 1.54) is 11.3 Å². The fourth-order valence-electron chi connectivity index (χ4n) is 3.04. The van der Waals surface area contributed by atoms with Gasteiger partial charge in [-0.2, -0.15) is 18.3 Å². The number of aryl methyl sites for hydroxylation is 1. The zero-order valence-corrected chi connectivity index (χ0v) is 16.9. The first kappa shape index (κ1) is 20.7. The third kappa shape index (κ3) is 4.33. The first-order valence-corrected chi connectivity index (χ1v) is 9.95. The van der Waals surface area contributed by atoms with E-state index >= 15 is 0 Å². The van der Waals surface area contributed by atoms with Crippen LogP contribution in [-0.4, -0.2) is 20.7 Å². The Labute approximate surface area is 178 Å². The number of anilines is 1. The summed E-state index contributed by atoms with van der Waals surface area (Å²) in [4.78, 5) is 29.6. The van der Waals surface area contributed by atoms with Crippen LogP contribution in [0.25, 0.3) is 21.5 Å². The highest BCUT2D eigenvalue weighted by molar-refractivity contribution is 7.19. The van der Waals surface area contributed by atoms with Crippen molar-refractivity contribution in [3.63, 3.8) is 0 Å². The minimum absolute atomic E-state index is 0.180. The molecule has 10 heteroatoms. The molecule has 4 aromatic rings. The third-order valence-electron chi connectivity index (χ3n) is 4.44. The molecule has 0 aliphatic heterocycles. The highest BCUT2D eigenvalue weighted by Gasteiger charge is 2.30.